The average Bonchev–Trinajstić information content (AvgIpc) is 2.49. The van der Waals surface area contributed by atoms with E-state index in [0.717, 1.165) is 36.5 Å². The molecule has 2 aromatic rings. The van der Waals surface area contributed by atoms with Crippen LogP contribution < -0.4 is 10.6 Å². The maximum Gasteiger partial charge on any atom is 0.133 e. The molecular formula is C16H19N3S. The van der Waals surface area contributed by atoms with Crippen LogP contribution in [0, 0.1) is 0 Å². The first-order valence-electron chi connectivity index (χ1n) is 6.81. The lowest BCUT2D eigenvalue weighted by Gasteiger charge is -2.24. The van der Waals surface area contributed by atoms with Gasteiger partial charge in [-0.3, -0.25) is 0 Å². The van der Waals surface area contributed by atoms with Gasteiger partial charge in [-0.1, -0.05) is 43.8 Å². The summed E-state index contributed by atoms with van der Waals surface area (Å²) in [6, 6.07) is 14.0. The fourth-order valence-corrected chi connectivity index (χ4v) is 2.15. The zero-order chi connectivity index (χ0) is 14.4. The molecule has 104 valence electrons. The Kier molecular flexibility index (Phi) is 5.07. The first kappa shape index (κ1) is 14.5. The zero-order valence-corrected chi connectivity index (χ0v) is 12.4. The van der Waals surface area contributed by atoms with Crippen molar-refractivity contribution in [2.45, 2.75) is 19.8 Å². The van der Waals surface area contributed by atoms with Crippen molar-refractivity contribution in [3.63, 3.8) is 0 Å². The summed E-state index contributed by atoms with van der Waals surface area (Å²) in [5.41, 5.74) is 7.69. The van der Waals surface area contributed by atoms with E-state index in [4.69, 9.17) is 18.0 Å². The summed E-state index contributed by atoms with van der Waals surface area (Å²) in [6.07, 6.45) is 4.00. The molecule has 0 saturated carbocycles. The molecule has 0 aliphatic carbocycles. The van der Waals surface area contributed by atoms with E-state index in [9.17, 15) is 0 Å². The number of hydrogen-bond acceptors (Lipinski definition) is 3. The minimum Gasteiger partial charge on any atom is -0.389 e. The van der Waals surface area contributed by atoms with Gasteiger partial charge in [-0.05, 0) is 30.7 Å². The van der Waals surface area contributed by atoms with E-state index in [-0.39, 0.29) is 0 Å². The second kappa shape index (κ2) is 7.01. The van der Waals surface area contributed by atoms with Gasteiger partial charge in [0.25, 0.3) is 0 Å². The average molecular weight is 285 g/mol. The minimum absolute atomic E-state index is 0.400. The predicted octanol–water partition coefficient (Wildman–Crippen LogP) is 3.65. The van der Waals surface area contributed by atoms with E-state index in [1.807, 2.05) is 30.3 Å². The number of para-hydroxylation sites is 1. The molecule has 3 nitrogen and oxygen atoms in total. The second-order valence-electron chi connectivity index (χ2n) is 4.61. The van der Waals surface area contributed by atoms with Gasteiger partial charge in [-0.15, -0.1) is 0 Å². The number of aromatic nitrogens is 1. The molecule has 1 heterocycles. The van der Waals surface area contributed by atoms with Crippen molar-refractivity contribution >= 4 is 28.7 Å². The van der Waals surface area contributed by atoms with Crippen LogP contribution in [0.3, 0.4) is 0 Å². The van der Waals surface area contributed by atoms with E-state index in [1.165, 1.54) is 0 Å². The van der Waals surface area contributed by atoms with Gasteiger partial charge in [0.15, 0.2) is 0 Å². The molecule has 0 saturated heterocycles. The molecule has 0 fully saturated rings. The lowest BCUT2D eigenvalue weighted by Crippen LogP contribution is -2.20. The quantitative estimate of drug-likeness (QED) is 0.823. The van der Waals surface area contributed by atoms with Crippen molar-refractivity contribution in [1.29, 1.82) is 0 Å². The molecule has 0 unspecified atom stereocenters. The molecule has 1 aromatic heterocycles. The monoisotopic (exact) mass is 285 g/mol. The largest absolute Gasteiger partial charge is 0.389 e. The predicted molar refractivity (Wildman–Crippen MR) is 88.5 cm³/mol. The van der Waals surface area contributed by atoms with E-state index < -0.39 is 0 Å². The maximum atomic E-state index is 5.71. The van der Waals surface area contributed by atoms with E-state index in [0.29, 0.717) is 4.99 Å². The molecule has 20 heavy (non-hydrogen) atoms. The topological polar surface area (TPSA) is 42.1 Å². The van der Waals surface area contributed by atoms with Crippen LogP contribution in [-0.2, 0) is 0 Å². The fraction of sp³-hybridized carbons (Fsp3) is 0.250. The lowest BCUT2D eigenvalue weighted by molar-refractivity contribution is 0.779. The standard InChI is InChI=1S/C16H19N3S/c1-2-3-11-19(14-7-5-4-6-8-14)15-12-13(16(17)20)9-10-18-15/h4-10,12H,2-3,11H2,1H3,(H2,17,20). The van der Waals surface area contributed by atoms with Gasteiger partial charge in [0, 0.05) is 24.0 Å². The Morgan fingerprint density at radius 1 is 1.25 bits per heavy atom. The van der Waals surface area contributed by atoms with Gasteiger partial charge < -0.3 is 10.6 Å². The lowest BCUT2D eigenvalue weighted by atomic mass is 10.2. The normalized spacial score (nSPS) is 10.2. The molecule has 0 aliphatic heterocycles. The molecular weight excluding hydrogens is 266 g/mol. The molecule has 0 spiro atoms. The first-order valence-corrected chi connectivity index (χ1v) is 7.21. The number of rotatable bonds is 6. The van der Waals surface area contributed by atoms with Gasteiger partial charge in [-0.2, -0.15) is 0 Å². The third-order valence-corrected chi connectivity index (χ3v) is 3.35. The molecule has 2 N–H and O–H groups in total. The molecule has 4 heteroatoms. The van der Waals surface area contributed by atoms with Crippen LogP contribution in [0.15, 0.2) is 48.7 Å². The Bertz CT molecular complexity index is 569. The highest BCUT2D eigenvalue weighted by Gasteiger charge is 2.11. The van der Waals surface area contributed by atoms with Crippen LogP contribution in [0.4, 0.5) is 11.5 Å². The highest BCUT2D eigenvalue weighted by Crippen LogP contribution is 2.24. The number of hydrogen-bond donors (Lipinski definition) is 1. The Hall–Kier alpha value is -1.94. The van der Waals surface area contributed by atoms with Crippen LogP contribution in [0.2, 0.25) is 0 Å². The first-order chi connectivity index (χ1) is 9.72. The minimum atomic E-state index is 0.400. The summed E-state index contributed by atoms with van der Waals surface area (Å²) in [5.74, 6) is 0.884. The smallest absolute Gasteiger partial charge is 0.133 e. The summed E-state index contributed by atoms with van der Waals surface area (Å²) < 4.78 is 0. The summed E-state index contributed by atoms with van der Waals surface area (Å²) in [4.78, 5) is 7.06. The van der Waals surface area contributed by atoms with Crippen molar-refractivity contribution in [2.24, 2.45) is 5.73 Å². The summed E-state index contributed by atoms with van der Waals surface area (Å²) in [5, 5.41) is 0. The SMILES string of the molecule is CCCCN(c1ccccc1)c1cc(C(N)=S)ccn1. The van der Waals surface area contributed by atoms with Gasteiger partial charge in [0.1, 0.15) is 10.8 Å². The van der Waals surface area contributed by atoms with Crippen molar-refractivity contribution in [3.05, 3.63) is 54.2 Å². The maximum absolute atomic E-state index is 5.71. The Morgan fingerprint density at radius 2 is 2.00 bits per heavy atom. The van der Waals surface area contributed by atoms with Crippen molar-refractivity contribution < 1.29 is 0 Å². The van der Waals surface area contributed by atoms with Crippen LogP contribution >= 0.6 is 12.2 Å². The number of unbranched alkanes of at least 4 members (excludes halogenated alkanes) is 1. The molecule has 0 amide bonds. The third kappa shape index (κ3) is 3.54. The van der Waals surface area contributed by atoms with Crippen LogP contribution in [0.25, 0.3) is 0 Å². The van der Waals surface area contributed by atoms with Crippen molar-refractivity contribution in [3.8, 4) is 0 Å². The van der Waals surface area contributed by atoms with Crippen LogP contribution in [-0.4, -0.2) is 16.5 Å². The molecule has 0 radical (unpaired) electrons. The van der Waals surface area contributed by atoms with Gasteiger partial charge >= 0.3 is 0 Å². The Balaban J connectivity index is 2.36. The third-order valence-electron chi connectivity index (χ3n) is 3.11. The zero-order valence-electron chi connectivity index (χ0n) is 11.6. The molecule has 0 aliphatic rings. The Labute approximate surface area is 125 Å². The van der Waals surface area contributed by atoms with Gasteiger partial charge in [-0.25, -0.2) is 4.98 Å². The van der Waals surface area contributed by atoms with E-state index in [1.54, 1.807) is 6.20 Å². The molecule has 0 bridgehead atoms. The van der Waals surface area contributed by atoms with Crippen molar-refractivity contribution in [2.75, 3.05) is 11.4 Å². The second-order valence-corrected chi connectivity index (χ2v) is 5.05. The summed E-state index contributed by atoms with van der Waals surface area (Å²) >= 11 is 5.04. The highest BCUT2D eigenvalue weighted by molar-refractivity contribution is 7.80. The van der Waals surface area contributed by atoms with Gasteiger partial charge in [0.05, 0.1) is 0 Å². The van der Waals surface area contributed by atoms with E-state index >= 15 is 0 Å². The number of nitrogens with zero attached hydrogens (tertiary/aromatic N) is 2. The highest BCUT2D eigenvalue weighted by atomic mass is 32.1. The number of benzene rings is 1. The van der Waals surface area contributed by atoms with E-state index in [2.05, 4.69) is 28.9 Å². The fourth-order valence-electron chi connectivity index (χ4n) is 2.02. The van der Waals surface area contributed by atoms with Crippen LogP contribution in [0.1, 0.15) is 25.3 Å². The number of nitrogens with two attached hydrogens (primary N) is 1. The number of anilines is 2. The molecule has 0 atom stereocenters. The molecule has 2 rings (SSSR count). The number of pyridine rings is 1. The molecule has 1 aromatic carbocycles. The van der Waals surface area contributed by atoms with Crippen molar-refractivity contribution in [1.82, 2.24) is 4.98 Å². The number of thiocarbonyl (C=S) groups is 1. The Morgan fingerprint density at radius 3 is 2.65 bits per heavy atom. The van der Waals surface area contributed by atoms with Crippen LogP contribution in [0.5, 0.6) is 0 Å². The summed E-state index contributed by atoms with van der Waals surface area (Å²) in [6.45, 7) is 3.11. The summed E-state index contributed by atoms with van der Waals surface area (Å²) in [7, 11) is 0. The van der Waals surface area contributed by atoms with Gasteiger partial charge in [0.2, 0.25) is 0 Å².